The number of amides is 1. The van der Waals surface area contributed by atoms with Crippen LogP contribution in [-0.2, 0) is 14.8 Å². The Kier molecular flexibility index (Phi) is 6.32. The topological polar surface area (TPSA) is 87.3 Å². The van der Waals surface area contributed by atoms with Crippen LogP contribution in [0.5, 0.6) is 0 Å². The summed E-state index contributed by atoms with van der Waals surface area (Å²) >= 11 is 0. The number of sulfonamides is 1. The third kappa shape index (κ3) is 4.80. The smallest absolute Gasteiger partial charge is 0.240 e. The summed E-state index contributed by atoms with van der Waals surface area (Å²) in [5.41, 5.74) is 0.857. The summed E-state index contributed by atoms with van der Waals surface area (Å²) in [4.78, 5) is 12.1. The van der Waals surface area contributed by atoms with Gasteiger partial charge in [-0.05, 0) is 38.7 Å². The van der Waals surface area contributed by atoms with Gasteiger partial charge in [-0.2, -0.15) is 0 Å². The lowest BCUT2D eigenvalue weighted by Gasteiger charge is -2.18. The van der Waals surface area contributed by atoms with Crippen LogP contribution in [0.4, 0.5) is 0 Å². The summed E-state index contributed by atoms with van der Waals surface area (Å²) in [6.07, 6.45) is 0. The Labute approximate surface area is 126 Å². The maximum atomic E-state index is 11.9. The third-order valence-corrected chi connectivity index (χ3v) is 4.71. The monoisotopic (exact) mass is 313 g/mol. The highest BCUT2D eigenvalue weighted by Gasteiger charge is 2.16. The molecular formula is C14H23N3O3S. The number of carbonyl (C=O) groups is 1. The van der Waals surface area contributed by atoms with Crippen LogP contribution < -0.4 is 15.4 Å². The molecule has 0 saturated carbocycles. The normalized spacial score (nSPS) is 14.5. The van der Waals surface area contributed by atoms with Crippen LogP contribution in [0.1, 0.15) is 25.5 Å². The molecule has 0 heterocycles. The van der Waals surface area contributed by atoms with Gasteiger partial charge in [0.2, 0.25) is 15.9 Å². The second kappa shape index (κ2) is 7.53. The van der Waals surface area contributed by atoms with Crippen molar-refractivity contribution in [3.8, 4) is 0 Å². The summed E-state index contributed by atoms with van der Waals surface area (Å²) < 4.78 is 25.5. The Morgan fingerprint density at radius 3 is 2.19 bits per heavy atom. The Balaban J connectivity index is 2.76. The van der Waals surface area contributed by atoms with E-state index in [9.17, 15) is 13.2 Å². The van der Waals surface area contributed by atoms with Gasteiger partial charge in [0, 0.05) is 12.5 Å². The van der Waals surface area contributed by atoms with Crippen molar-refractivity contribution in [1.29, 1.82) is 0 Å². The van der Waals surface area contributed by atoms with Gasteiger partial charge in [-0.1, -0.05) is 19.1 Å². The van der Waals surface area contributed by atoms with Crippen molar-refractivity contribution in [1.82, 2.24) is 15.4 Å². The first-order valence-corrected chi connectivity index (χ1v) is 8.28. The minimum Gasteiger partial charge on any atom is -0.349 e. The van der Waals surface area contributed by atoms with Crippen molar-refractivity contribution in [3.63, 3.8) is 0 Å². The molecule has 0 bridgehead atoms. The molecule has 6 nitrogen and oxygen atoms in total. The molecule has 1 aromatic rings. The van der Waals surface area contributed by atoms with Crippen molar-refractivity contribution >= 4 is 15.9 Å². The number of hydrogen-bond acceptors (Lipinski definition) is 4. The first-order valence-electron chi connectivity index (χ1n) is 6.80. The van der Waals surface area contributed by atoms with Crippen LogP contribution >= 0.6 is 0 Å². The number of carbonyl (C=O) groups excluding carboxylic acids is 1. The van der Waals surface area contributed by atoms with Crippen LogP contribution in [-0.4, -0.2) is 35.0 Å². The van der Waals surface area contributed by atoms with Crippen LogP contribution in [0.3, 0.4) is 0 Å². The molecule has 0 fully saturated rings. The van der Waals surface area contributed by atoms with E-state index in [1.165, 1.54) is 19.2 Å². The maximum absolute atomic E-state index is 11.9. The lowest BCUT2D eigenvalue weighted by molar-refractivity contribution is -0.125. The van der Waals surface area contributed by atoms with E-state index in [0.29, 0.717) is 6.54 Å². The molecule has 21 heavy (non-hydrogen) atoms. The van der Waals surface area contributed by atoms with Gasteiger partial charge in [-0.3, -0.25) is 4.79 Å². The zero-order chi connectivity index (χ0) is 16.0. The predicted molar refractivity (Wildman–Crippen MR) is 82.3 cm³/mol. The van der Waals surface area contributed by atoms with Crippen LogP contribution in [0.25, 0.3) is 0 Å². The Hall–Kier alpha value is -1.44. The largest absolute Gasteiger partial charge is 0.349 e. The van der Waals surface area contributed by atoms with Crippen molar-refractivity contribution in [3.05, 3.63) is 29.8 Å². The standard InChI is InChI=1S/C14H23N3O3S/c1-10(9-15-3)14(18)17-11(2)12-5-7-13(8-6-12)21(19,20)16-4/h5-8,10-11,15-16H,9H2,1-4H3,(H,17,18). The Bertz CT molecular complexity index is 570. The van der Waals surface area contributed by atoms with E-state index < -0.39 is 10.0 Å². The molecule has 7 heteroatoms. The molecule has 1 rings (SSSR count). The quantitative estimate of drug-likeness (QED) is 0.689. The van der Waals surface area contributed by atoms with Gasteiger partial charge in [0.25, 0.3) is 0 Å². The molecule has 2 unspecified atom stereocenters. The van der Waals surface area contributed by atoms with E-state index in [1.54, 1.807) is 19.2 Å². The lowest BCUT2D eigenvalue weighted by Crippen LogP contribution is -2.35. The summed E-state index contributed by atoms with van der Waals surface area (Å²) in [5.74, 6) is -0.162. The number of benzene rings is 1. The van der Waals surface area contributed by atoms with Gasteiger partial charge >= 0.3 is 0 Å². The molecule has 0 radical (unpaired) electrons. The second-order valence-corrected chi connectivity index (χ2v) is 6.85. The van der Waals surface area contributed by atoms with Gasteiger partial charge in [0.15, 0.2) is 0 Å². The highest BCUT2D eigenvalue weighted by Crippen LogP contribution is 2.16. The molecule has 0 aliphatic rings. The van der Waals surface area contributed by atoms with E-state index in [0.717, 1.165) is 5.56 Å². The van der Waals surface area contributed by atoms with E-state index in [4.69, 9.17) is 0 Å². The molecule has 1 aromatic carbocycles. The Morgan fingerprint density at radius 1 is 1.14 bits per heavy atom. The van der Waals surface area contributed by atoms with E-state index >= 15 is 0 Å². The van der Waals surface area contributed by atoms with Crippen molar-refractivity contribution < 1.29 is 13.2 Å². The van der Waals surface area contributed by atoms with Crippen LogP contribution in [0.2, 0.25) is 0 Å². The van der Waals surface area contributed by atoms with Gasteiger partial charge in [0.05, 0.1) is 10.9 Å². The zero-order valence-corrected chi connectivity index (χ0v) is 13.6. The van der Waals surface area contributed by atoms with Gasteiger partial charge in [-0.15, -0.1) is 0 Å². The summed E-state index contributed by atoms with van der Waals surface area (Å²) in [6.45, 7) is 4.32. The number of rotatable bonds is 7. The first-order chi connectivity index (χ1) is 9.81. The zero-order valence-electron chi connectivity index (χ0n) is 12.8. The average Bonchev–Trinajstić information content (AvgIpc) is 2.47. The number of nitrogens with one attached hydrogen (secondary N) is 3. The van der Waals surface area contributed by atoms with Crippen molar-refractivity contribution in [2.24, 2.45) is 5.92 Å². The molecule has 2 atom stereocenters. The van der Waals surface area contributed by atoms with Crippen LogP contribution in [0.15, 0.2) is 29.2 Å². The summed E-state index contributed by atoms with van der Waals surface area (Å²) in [5, 5.41) is 5.87. The lowest BCUT2D eigenvalue weighted by atomic mass is 10.1. The third-order valence-electron chi connectivity index (χ3n) is 3.28. The molecule has 0 aromatic heterocycles. The van der Waals surface area contributed by atoms with Gasteiger partial charge in [-0.25, -0.2) is 13.1 Å². The van der Waals surface area contributed by atoms with Gasteiger partial charge in [0.1, 0.15) is 0 Å². The van der Waals surface area contributed by atoms with E-state index in [-0.39, 0.29) is 22.8 Å². The van der Waals surface area contributed by atoms with Crippen molar-refractivity contribution in [2.75, 3.05) is 20.6 Å². The van der Waals surface area contributed by atoms with Gasteiger partial charge < -0.3 is 10.6 Å². The molecule has 1 amide bonds. The summed E-state index contributed by atoms with van der Waals surface area (Å²) in [6, 6.07) is 6.29. The first kappa shape index (κ1) is 17.6. The number of hydrogen-bond donors (Lipinski definition) is 3. The van der Waals surface area contributed by atoms with E-state index in [1.807, 2.05) is 13.8 Å². The molecule has 0 aliphatic heterocycles. The van der Waals surface area contributed by atoms with Crippen molar-refractivity contribution in [2.45, 2.75) is 24.8 Å². The fourth-order valence-corrected chi connectivity index (χ4v) is 2.62. The molecule has 3 N–H and O–H groups in total. The fraction of sp³-hybridized carbons (Fsp3) is 0.500. The molecular weight excluding hydrogens is 290 g/mol. The second-order valence-electron chi connectivity index (χ2n) is 4.97. The predicted octanol–water partition coefficient (Wildman–Crippen LogP) is 0.627. The molecule has 0 aliphatic carbocycles. The molecule has 0 saturated heterocycles. The molecule has 118 valence electrons. The molecule has 0 spiro atoms. The highest BCUT2D eigenvalue weighted by atomic mass is 32.2. The SMILES string of the molecule is CNCC(C)C(=O)NC(C)c1ccc(S(=O)(=O)NC)cc1. The average molecular weight is 313 g/mol. The maximum Gasteiger partial charge on any atom is 0.240 e. The highest BCUT2D eigenvalue weighted by molar-refractivity contribution is 7.89. The van der Waals surface area contributed by atoms with E-state index in [2.05, 4.69) is 15.4 Å². The minimum atomic E-state index is -3.43. The Morgan fingerprint density at radius 2 is 1.71 bits per heavy atom. The summed E-state index contributed by atoms with van der Waals surface area (Å²) in [7, 11) is -0.260. The van der Waals surface area contributed by atoms with Crippen LogP contribution in [0, 0.1) is 5.92 Å². The fourth-order valence-electron chi connectivity index (χ4n) is 1.89. The minimum absolute atomic E-state index is 0.0382.